The Morgan fingerprint density at radius 2 is 1.91 bits per heavy atom. The highest BCUT2D eigenvalue weighted by molar-refractivity contribution is 5.76. The summed E-state index contributed by atoms with van der Waals surface area (Å²) in [5.41, 5.74) is 6.74. The molecule has 3 N–H and O–H groups in total. The van der Waals surface area contributed by atoms with Gasteiger partial charge in [0.2, 0.25) is 5.91 Å². The standard InChI is InChI=1S/C18H26N2O3/c19-9-3-4-17(21)20-13-18(7-1-2-8-18)14-5-6-15-16(12-14)23-11-10-22-15/h5-6,12H,1-4,7-11,13,19H2,(H,20,21). The summed E-state index contributed by atoms with van der Waals surface area (Å²) in [6.45, 7) is 2.45. The molecule has 1 amide bonds. The first kappa shape index (κ1) is 16.1. The molecule has 2 aliphatic rings. The van der Waals surface area contributed by atoms with E-state index in [1.807, 2.05) is 6.07 Å². The van der Waals surface area contributed by atoms with Gasteiger partial charge in [-0.3, -0.25) is 4.79 Å². The fourth-order valence-corrected chi connectivity index (χ4v) is 3.61. The number of nitrogens with one attached hydrogen (secondary N) is 1. The number of carbonyl (C=O) groups excluding carboxylic acids is 1. The Hall–Kier alpha value is -1.75. The van der Waals surface area contributed by atoms with Crippen molar-refractivity contribution in [1.82, 2.24) is 5.32 Å². The summed E-state index contributed by atoms with van der Waals surface area (Å²) in [5.74, 6) is 1.74. The molecule has 0 spiro atoms. The lowest BCUT2D eigenvalue weighted by Gasteiger charge is -2.31. The van der Waals surface area contributed by atoms with Crippen LogP contribution < -0.4 is 20.5 Å². The predicted octanol–water partition coefficient (Wildman–Crippen LogP) is 2.12. The summed E-state index contributed by atoms with van der Waals surface area (Å²) >= 11 is 0. The Morgan fingerprint density at radius 1 is 1.17 bits per heavy atom. The van der Waals surface area contributed by atoms with E-state index >= 15 is 0 Å². The lowest BCUT2D eigenvalue weighted by molar-refractivity contribution is -0.121. The molecule has 1 heterocycles. The zero-order valence-corrected chi connectivity index (χ0v) is 13.6. The smallest absolute Gasteiger partial charge is 0.220 e. The van der Waals surface area contributed by atoms with Gasteiger partial charge in [-0.05, 0) is 43.5 Å². The van der Waals surface area contributed by atoms with Gasteiger partial charge < -0.3 is 20.5 Å². The van der Waals surface area contributed by atoms with Crippen LogP contribution in [0.25, 0.3) is 0 Å². The number of rotatable bonds is 6. The summed E-state index contributed by atoms with van der Waals surface area (Å²) in [7, 11) is 0. The minimum absolute atomic E-state index is 0.0220. The van der Waals surface area contributed by atoms with Crippen LogP contribution >= 0.6 is 0 Å². The van der Waals surface area contributed by atoms with Gasteiger partial charge in [-0.25, -0.2) is 0 Å². The van der Waals surface area contributed by atoms with Crippen molar-refractivity contribution in [2.45, 2.75) is 43.9 Å². The Labute approximate surface area is 137 Å². The molecule has 5 heteroatoms. The number of nitrogens with two attached hydrogens (primary N) is 1. The first-order chi connectivity index (χ1) is 11.2. The van der Waals surface area contributed by atoms with Crippen LogP contribution in [0.1, 0.15) is 44.1 Å². The molecule has 0 radical (unpaired) electrons. The molecule has 0 aromatic heterocycles. The van der Waals surface area contributed by atoms with Crippen LogP contribution in [0.15, 0.2) is 18.2 Å². The number of ether oxygens (including phenoxy) is 2. The molecular weight excluding hydrogens is 292 g/mol. The van der Waals surface area contributed by atoms with Gasteiger partial charge in [0.1, 0.15) is 13.2 Å². The second-order valence-electron chi connectivity index (χ2n) is 6.51. The van der Waals surface area contributed by atoms with Gasteiger partial charge in [0.15, 0.2) is 11.5 Å². The number of fused-ring (bicyclic) bond motifs is 1. The molecule has 23 heavy (non-hydrogen) atoms. The average molecular weight is 318 g/mol. The highest BCUT2D eigenvalue weighted by Gasteiger charge is 2.36. The van der Waals surface area contributed by atoms with Crippen molar-refractivity contribution in [2.24, 2.45) is 5.73 Å². The second kappa shape index (κ2) is 7.21. The van der Waals surface area contributed by atoms with E-state index in [9.17, 15) is 4.79 Å². The minimum atomic E-state index is 0.0220. The Morgan fingerprint density at radius 3 is 2.65 bits per heavy atom. The molecule has 5 nitrogen and oxygen atoms in total. The molecule has 0 unspecified atom stereocenters. The lowest BCUT2D eigenvalue weighted by atomic mass is 9.78. The zero-order chi connectivity index (χ0) is 16.1. The van der Waals surface area contributed by atoms with E-state index in [1.165, 1.54) is 18.4 Å². The van der Waals surface area contributed by atoms with E-state index < -0.39 is 0 Å². The molecule has 1 aliphatic carbocycles. The zero-order valence-electron chi connectivity index (χ0n) is 13.6. The maximum Gasteiger partial charge on any atom is 0.220 e. The van der Waals surface area contributed by atoms with E-state index in [4.69, 9.17) is 15.2 Å². The fourth-order valence-electron chi connectivity index (χ4n) is 3.61. The maximum absolute atomic E-state index is 12.0. The first-order valence-corrected chi connectivity index (χ1v) is 8.60. The molecule has 0 saturated heterocycles. The maximum atomic E-state index is 12.0. The summed E-state index contributed by atoms with van der Waals surface area (Å²) in [5, 5.41) is 3.11. The number of benzene rings is 1. The third-order valence-corrected chi connectivity index (χ3v) is 4.95. The summed E-state index contributed by atoms with van der Waals surface area (Å²) in [6.07, 6.45) is 5.85. The Balaban J connectivity index is 1.74. The largest absolute Gasteiger partial charge is 0.486 e. The summed E-state index contributed by atoms with van der Waals surface area (Å²) in [6, 6.07) is 6.23. The molecule has 0 bridgehead atoms. The third kappa shape index (κ3) is 3.61. The van der Waals surface area contributed by atoms with E-state index in [2.05, 4.69) is 17.4 Å². The van der Waals surface area contributed by atoms with Crippen LogP contribution in [0.2, 0.25) is 0 Å². The fraction of sp³-hybridized carbons (Fsp3) is 0.611. The van der Waals surface area contributed by atoms with Gasteiger partial charge in [0.25, 0.3) is 0 Å². The van der Waals surface area contributed by atoms with Gasteiger partial charge in [-0.15, -0.1) is 0 Å². The van der Waals surface area contributed by atoms with Gasteiger partial charge in [-0.1, -0.05) is 18.9 Å². The van der Waals surface area contributed by atoms with Crippen molar-refractivity contribution in [3.05, 3.63) is 23.8 Å². The van der Waals surface area contributed by atoms with Crippen molar-refractivity contribution in [1.29, 1.82) is 0 Å². The molecule has 0 atom stereocenters. The third-order valence-electron chi connectivity index (χ3n) is 4.95. The number of hydrogen-bond acceptors (Lipinski definition) is 4. The first-order valence-electron chi connectivity index (χ1n) is 8.60. The SMILES string of the molecule is NCCCC(=O)NCC1(c2ccc3c(c2)OCCO3)CCCC1. The Bertz CT molecular complexity index is 553. The van der Waals surface area contributed by atoms with Crippen LogP contribution in [0.5, 0.6) is 11.5 Å². The van der Waals surface area contributed by atoms with Crippen LogP contribution in [0.4, 0.5) is 0 Å². The molecular formula is C18H26N2O3. The van der Waals surface area contributed by atoms with Gasteiger partial charge in [0, 0.05) is 18.4 Å². The molecule has 1 aromatic carbocycles. The number of carbonyl (C=O) groups is 1. The monoisotopic (exact) mass is 318 g/mol. The quantitative estimate of drug-likeness (QED) is 0.842. The molecule has 126 valence electrons. The van der Waals surface area contributed by atoms with Crippen molar-refractivity contribution in [3.8, 4) is 11.5 Å². The van der Waals surface area contributed by atoms with Gasteiger partial charge >= 0.3 is 0 Å². The molecule has 1 aliphatic heterocycles. The van der Waals surface area contributed by atoms with Crippen molar-refractivity contribution in [3.63, 3.8) is 0 Å². The molecule has 1 aromatic rings. The normalized spacial score (nSPS) is 18.7. The number of amides is 1. The van der Waals surface area contributed by atoms with Gasteiger partial charge in [-0.2, -0.15) is 0 Å². The minimum Gasteiger partial charge on any atom is -0.486 e. The van der Waals surface area contributed by atoms with Crippen LogP contribution in [0.3, 0.4) is 0 Å². The topological polar surface area (TPSA) is 73.6 Å². The predicted molar refractivity (Wildman–Crippen MR) is 88.9 cm³/mol. The van der Waals surface area contributed by atoms with Crippen LogP contribution in [-0.2, 0) is 10.2 Å². The average Bonchev–Trinajstić information content (AvgIpc) is 3.08. The van der Waals surface area contributed by atoms with Crippen molar-refractivity contribution in [2.75, 3.05) is 26.3 Å². The Kier molecular flexibility index (Phi) is 5.06. The van der Waals surface area contributed by atoms with E-state index in [0.717, 1.165) is 30.8 Å². The number of hydrogen-bond donors (Lipinski definition) is 2. The van der Waals surface area contributed by atoms with E-state index in [-0.39, 0.29) is 11.3 Å². The summed E-state index contributed by atoms with van der Waals surface area (Å²) < 4.78 is 11.3. The van der Waals surface area contributed by atoms with E-state index in [1.54, 1.807) is 0 Å². The van der Waals surface area contributed by atoms with E-state index in [0.29, 0.717) is 32.7 Å². The highest BCUT2D eigenvalue weighted by atomic mass is 16.6. The molecule has 1 fully saturated rings. The van der Waals surface area contributed by atoms with Crippen molar-refractivity contribution >= 4 is 5.91 Å². The molecule has 3 rings (SSSR count). The van der Waals surface area contributed by atoms with Crippen LogP contribution in [0, 0.1) is 0 Å². The van der Waals surface area contributed by atoms with Crippen LogP contribution in [-0.4, -0.2) is 32.2 Å². The highest BCUT2D eigenvalue weighted by Crippen LogP contribution is 2.43. The summed E-state index contributed by atoms with van der Waals surface area (Å²) in [4.78, 5) is 12.0. The second-order valence-corrected chi connectivity index (χ2v) is 6.51. The molecule has 1 saturated carbocycles. The lowest BCUT2D eigenvalue weighted by Crippen LogP contribution is -2.39. The van der Waals surface area contributed by atoms with Gasteiger partial charge in [0.05, 0.1) is 0 Å². The van der Waals surface area contributed by atoms with Crippen molar-refractivity contribution < 1.29 is 14.3 Å².